The fraction of sp³-hybridized carbons (Fsp3) is 0.789. The van der Waals surface area contributed by atoms with Crippen LogP contribution in [0, 0.1) is 0 Å². The molecule has 0 unspecified atom stereocenters. The minimum atomic E-state index is -1.09. The number of nitrogens with one attached hydrogen (secondary N) is 1. The van der Waals surface area contributed by atoms with E-state index in [1.807, 2.05) is 0 Å². The molecule has 0 saturated heterocycles. The Hall–Kier alpha value is -2.12. The summed E-state index contributed by atoms with van der Waals surface area (Å²) in [6.07, 6.45) is 1.71. The second kappa shape index (κ2) is 10.9. The van der Waals surface area contributed by atoms with E-state index in [4.69, 9.17) is 9.47 Å². The van der Waals surface area contributed by atoms with Gasteiger partial charge >= 0.3 is 18.2 Å². The molecule has 1 atom stereocenters. The van der Waals surface area contributed by atoms with E-state index in [1.54, 1.807) is 48.5 Å². The summed E-state index contributed by atoms with van der Waals surface area (Å²) in [6.45, 7) is 12.2. The molecule has 0 saturated carbocycles. The third-order valence-electron chi connectivity index (χ3n) is 3.20. The van der Waals surface area contributed by atoms with Crippen LogP contribution in [0.1, 0.15) is 80.6 Å². The Bertz CT molecular complexity index is 543. The lowest BCUT2D eigenvalue weighted by molar-refractivity contribution is -0.139. The molecular weight excluding hydrogens is 352 g/mol. The zero-order chi connectivity index (χ0) is 21.3. The lowest BCUT2D eigenvalue weighted by atomic mass is 10.1. The van der Waals surface area contributed by atoms with Crippen LogP contribution in [0.5, 0.6) is 0 Å². The molecule has 8 nitrogen and oxygen atoms in total. The van der Waals surface area contributed by atoms with Gasteiger partial charge in [0.1, 0.15) is 17.2 Å². The van der Waals surface area contributed by atoms with Crippen molar-refractivity contribution in [3.8, 4) is 0 Å². The van der Waals surface area contributed by atoms with Gasteiger partial charge in [-0.25, -0.2) is 14.4 Å². The van der Waals surface area contributed by atoms with E-state index in [2.05, 4.69) is 10.3 Å². The fourth-order valence-corrected chi connectivity index (χ4v) is 2.11. The van der Waals surface area contributed by atoms with E-state index >= 15 is 0 Å². The first kappa shape index (κ1) is 24.9. The topological polar surface area (TPSA) is 114 Å². The summed E-state index contributed by atoms with van der Waals surface area (Å²) in [5.41, 5.74) is -0.586. The van der Waals surface area contributed by atoms with Gasteiger partial charge in [0.15, 0.2) is 0 Å². The van der Waals surface area contributed by atoms with Crippen LogP contribution in [-0.4, -0.2) is 46.2 Å². The lowest BCUT2D eigenvalue weighted by Crippen LogP contribution is -2.43. The van der Waals surface area contributed by atoms with Gasteiger partial charge in [0.05, 0.1) is 0 Å². The van der Waals surface area contributed by atoms with Gasteiger partial charge in [-0.2, -0.15) is 4.99 Å². The number of unbranched alkanes of at least 4 members (excludes halogenated alkanes) is 2. The van der Waals surface area contributed by atoms with Crippen molar-refractivity contribution in [3.63, 3.8) is 0 Å². The maximum Gasteiger partial charge on any atom is 0.434 e. The summed E-state index contributed by atoms with van der Waals surface area (Å²) in [5, 5.41) is 11.6. The van der Waals surface area contributed by atoms with Crippen LogP contribution in [0.2, 0.25) is 0 Å². The maximum atomic E-state index is 11.7. The number of hydrogen-bond donors (Lipinski definition) is 2. The first-order valence-corrected chi connectivity index (χ1v) is 9.19. The molecule has 156 valence electrons. The SMILES string of the molecule is CC(CCCCC[C@H](NC(=O)OC(C)(C)C)C(=O)O)=NC(=O)OC(C)(C)C. The van der Waals surface area contributed by atoms with E-state index < -0.39 is 35.4 Å². The summed E-state index contributed by atoms with van der Waals surface area (Å²) < 4.78 is 10.2. The Balaban J connectivity index is 4.23. The van der Waals surface area contributed by atoms with Crippen LogP contribution < -0.4 is 5.32 Å². The van der Waals surface area contributed by atoms with Crippen molar-refractivity contribution in [2.24, 2.45) is 4.99 Å². The van der Waals surface area contributed by atoms with Crippen LogP contribution >= 0.6 is 0 Å². The van der Waals surface area contributed by atoms with E-state index in [0.717, 1.165) is 12.8 Å². The Kier molecular flexibility index (Phi) is 10.0. The number of hydrogen-bond acceptors (Lipinski definition) is 5. The molecule has 27 heavy (non-hydrogen) atoms. The molecule has 0 aromatic heterocycles. The van der Waals surface area contributed by atoms with Crippen molar-refractivity contribution in [1.29, 1.82) is 0 Å². The Labute approximate surface area is 161 Å². The molecule has 0 radical (unpaired) electrons. The van der Waals surface area contributed by atoms with Gasteiger partial charge in [0.25, 0.3) is 0 Å². The van der Waals surface area contributed by atoms with Gasteiger partial charge in [0, 0.05) is 5.71 Å². The van der Waals surface area contributed by atoms with Gasteiger partial charge in [-0.15, -0.1) is 0 Å². The second-order valence-electron chi connectivity index (χ2n) is 8.46. The van der Waals surface area contributed by atoms with Gasteiger partial charge in [-0.3, -0.25) is 0 Å². The van der Waals surface area contributed by atoms with Gasteiger partial charge in [0.2, 0.25) is 0 Å². The molecule has 0 aliphatic carbocycles. The zero-order valence-electron chi connectivity index (χ0n) is 17.5. The summed E-state index contributed by atoms with van der Waals surface area (Å²) in [7, 11) is 0. The monoisotopic (exact) mass is 386 g/mol. The van der Waals surface area contributed by atoms with E-state index in [0.29, 0.717) is 25.0 Å². The van der Waals surface area contributed by atoms with E-state index in [1.165, 1.54) is 0 Å². The number of amides is 2. The standard InChI is InChI=1S/C19H34N2O6/c1-13(20-16(24)26-18(2,3)4)11-9-8-10-12-14(15(22)23)21-17(25)27-19(5,6)7/h14H,8-12H2,1-7H3,(H,21,25)(H,22,23)/t14-/m0/s1. The van der Waals surface area contributed by atoms with Gasteiger partial charge in [-0.05, 0) is 67.7 Å². The largest absolute Gasteiger partial charge is 0.480 e. The molecule has 0 heterocycles. The summed E-state index contributed by atoms with van der Waals surface area (Å²) in [6, 6.07) is -0.989. The van der Waals surface area contributed by atoms with Crippen molar-refractivity contribution >= 4 is 23.9 Å². The Morgan fingerprint density at radius 3 is 2.00 bits per heavy atom. The van der Waals surface area contributed by atoms with Gasteiger partial charge < -0.3 is 19.9 Å². The number of carboxylic acids is 1. The fourth-order valence-electron chi connectivity index (χ4n) is 2.11. The first-order valence-electron chi connectivity index (χ1n) is 9.19. The number of carbonyl (C=O) groups excluding carboxylic acids is 2. The summed E-state index contributed by atoms with van der Waals surface area (Å²) >= 11 is 0. The number of aliphatic carboxylic acids is 1. The molecule has 0 aromatic rings. The number of alkyl carbamates (subject to hydrolysis) is 1. The van der Waals surface area contributed by atoms with Crippen molar-refractivity contribution in [2.45, 2.75) is 97.8 Å². The van der Waals surface area contributed by atoms with E-state index in [-0.39, 0.29) is 0 Å². The average molecular weight is 386 g/mol. The average Bonchev–Trinajstić information content (AvgIpc) is 2.40. The smallest absolute Gasteiger partial charge is 0.434 e. The highest BCUT2D eigenvalue weighted by Gasteiger charge is 2.23. The molecule has 0 spiro atoms. The highest BCUT2D eigenvalue weighted by Crippen LogP contribution is 2.11. The number of rotatable bonds is 8. The summed E-state index contributed by atoms with van der Waals surface area (Å²) in [4.78, 5) is 38.4. The van der Waals surface area contributed by atoms with Crippen molar-refractivity contribution in [1.82, 2.24) is 5.32 Å². The van der Waals surface area contributed by atoms with Crippen molar-refractivity contribution in [2.75, 3.05) is 0 Å². The molecule has 0 bridgehead atoms. The third kappa shape index (κ3) is 14.7. The second-order valence-corrected chi connectivity index (χ2v) is 8.46. The minimum Gasteiger partial charge on any atom is -0.480 e. The zero-order valence-corrected chi connectivity index (χ0v) is 17.5. The normalized spacial score (nSPS) is 13.7. The van der Waals surface area contributed by atoms with Crippen LogP contribution in [0.15, 0.2) is 4.99 Å². The Morgan fingerprint density at radius 2 is 1.52 bits per heavy atom. The highest BCUT2D eigenvalue weighted by molar-refractivity contribution is 5.91. The van der Waals surface area contributed by atoms with Crippen LogP contribution in [0.4, 0.5) is 9.59 Å². The molecule has 8 heteroatoms. The molecule has 0 aliphatic heterocycles. The lowest BCUT2D eigenvalue weighted by Gasteiger charge is -2.22. The quantitative estimate of drug-likeness (QED) is 0.474. The molecule has 0 fully saturated rings. The van der Waals surface area contributed by atoms with Crippen molar-refractivity contribution in [3.05, 3.63) is 0 Å². The van der Waals surface area contributed by atoms with Crippen LogP contribution in [-0.2, 0) is 14.3 Å². The number of carbonyl (C=O) groups is 3. The number of ether oxygens (including phenoxy) is 2. The number of nitrogens with zero attached hydrogens (tertiary/aromatic N) is 1. The highest BCUT2D eigenvalue weighted by atomic mass is 16.6. The minimum absolute atomic E-state index is 0.302. The molecular formula is C19H34N2O6. The summed E-state index contributed by atoms with van der Waals surface area (Å²) in [5.74, 6) is -1.09. The predicted octanol–water partition coefficient (Wildman–Crippen LogP) is 4.31. The number of carboxylic acid groups (broad SMARTS) is 1. The van der Waals surface area contributed by atoms with Gasteiger partial charge in [-0.1, -0.05) is 12.8 Å². The molecule has 2 amide bonds. The molecule has 0 aliphatic rings. The Morgan fingerprint density at radius 1 is 0.963 bits per heavy atom. The molecule has 2 N–H and O–H groups in total. The molecule has 0 rings (SSSR count). The third-order valence-corrected chi connectivity index (χ3v) is 3.20. The number of aliphatic imine (C=N–C) groups is 1. The van der Waals surface area contributed by atoms with Crippen LogP contribution in [0.25, 0.3) is 0 Å². The van der Waals surface area contributed by atoms with E-state index in [9.17, 15) is 19.5 Å². The molecule has 0 aromatic carbocycles. The van der Waals surface area contributed by atoms with Crippen molar-refractivity contribution < 1.29 is 29.0 Å². The predicted molar refractivity (Wildman–Crippen MR) is 103 cm³/mol. The first-order chi connectivity index (χ1) is 12.2. The maximum absolute atomic E-state index is 11.7. The van der Waals surface area contributed by atoms with Crippen LogP contribution in [0.3, 0.4) is 0 Å².